The summed E-state index contributed by atoms with van der Waals surface area (Å²) in [7, 11) is 3.02. The zero-order chi connectivity index (χ0) is 33.3. The molecule has 0 bridgehead atoms. The van der Waals surface area contributed by atoms with Gasteiger partial charge in [-0.05, 0) is 60.2 Å². The maximum absolute atomic E-state index is 13.6. The number of anilines is 4. The van der Waals surface area contributed by atoms with E-state index in [0.717, 1.165) is 33.3 Å². The summed E-state index contributed by atoms with van der Waals surface area (Å²) in [6.07, 6.45) is -0.619. The van der Waals surface area contributed by atoms with Crippen LogP contribution in [0.1, 0.15) is 5.56 Å². The van der Waals surface area contributed by atoms with Crippen molar-refractivity contribution in [3.05, 3.63) is 105 Å². The van der Waals surface area contributed by atoms with Crippen molar-refractivity contribution in [2.24, 2.45) is 0 Å². The lowest BCUT2D eigenvalue weighted by atomic mass is 10.2. The van der Waals surface area contributed by atoms with Crippen molar-refractivity contribution >= 4 is 62.1 Å². The maximum atomic E-state index is 13.6. The average molecular weight is 666 g/mol. The number of fused-ring (bicyclic) bond motifs is 2. The minimum atomic E-state index is -4.72. The molecule has 0 fully saturated rings. The van der Waals surface area contributed by atoms with Crippen LogP contribution in [0.4, 0.5) is 38.9 Å². The molecule has 1 heterocycles. The maximum Gasteiger partial charge on any atom is 0.419 e. The van der Waals surface area contributed by atoms with E-state index in [1.54, 1.807) is 11.8 Å². The SMILES string of the molecule is CN(C)c1ccc2c(c1)Sc1cc(N(C)C)ccc1N2C(=O)OCc1ccc(OS(=O)(=O)c2ccc([N+](=O)[O-])cc2[N+](=O)[O-])cc1. The minimum Gasteiger partial charge on any atom is -0.444 e. The highest BCUT2D eigenvalue weighted by atomic mass is 32.2. The van der Waals surface area contributed by atoms with Gasteiger partial charge in [0.1, 0.15) is 12.4 Å². The normalized spacial score (nSPS) is 12.0. The molecule has 4 aromatic rings. The number of nitro groups is 2. The number of ether oxygens (including phenoxy) is 1. The molecule has 0 aliphatic carbocycles. The van der Waals surface area contributed by atoms with E-state index < -0.39 is 42.3 Å². The first-order valence-electron chi connectivity index (χ1n) is 13.5. The fraction of sp³-hybridized carbons (Fsp3) is 0.167. The first-order chi connectivity index (χ1) is 21.7. The highest BCUT2D eigenvalue weighted by Crippen LogP contribution is 2.50. The molecule has 0 atom stereocenters. The van der Waals surface area contributed by atoms with Gasteiger partial charge in [0.15, 0.2) is 4.90 Å². The van der Waals surface area contributed by atoms with Crippen molar-refractivity contribution < 1.29 is 32.0 Å². The molecule has 46 heavy (non-hydrogen) atoms. The summed E-state index contributed by atoms with van der Waals surface area (Å²) in [6.45, 7) is -0.153. The molecule has 16 heteroatoms. The number of nitrogens with zero attached hydrogens (tertiary/aromatic N) is 5. The van der Waals surface area contributed by atoms with Crippen LogP contribution in [0.2, 0.25) is 0 Å². The summed E-state index contributed by atoms with van der Waals surface area (Å²) in [5, 5.41) is 22.4. The van der Waals surface area contributed by atoms with E-state index in [0.29, 0.717) is 23.0 Å². The van der Waals surface area contributed by atoms with Gasteiger partial charge in [-0.1, -0.05) is 23.9 Å². The Labute approximate surface area is 268 Å². The highest BCUT2D eigenvalue weighted by Gasteiger charge is 2.32. The lowest BCUT2D eigenvalue weighted by molar-refractivity contribution is -0.396. The summed E-state index contributed by atoms with van der Waals surface area (Å²) in [5.41, 5.74) is 2.15. The second kappa shape index (κ2) is 12.6. The standard InChI is InChI=1S/C30H27N5O9S2/c1-31(2)20-7-12-24-27(16-20)45-28-17-21(32(3)4)8-13-25(28)33(24)30(36)43-18-19-5-10-23(11-6-19)44-46(41,42)29-14-9-22(34(37)38)15-26(29)35(39)40/h5-17H,18H2,1-4H3. The van der Waals surface area contributed by atoms with Crippen molar-refractivity contribution in [2.45, 2.75) is 21.3 Å². The molecule has 0 saturated carbocycles. The van der Waals surface area contributed by atoms with Gasteiger partial charge in [0.05, 0.1) is 27.3 Å². The minimum absolute atomic E-state index is 0.153. The Hall–Kier alpha value is -5.35. The van der Waals surface area contributed by atoms with E-state index in [1.165, 1.54) is 29.2 Å². The monoisotopic (exact) mass is 665 g/mol. The van der Waals surface area contributed by atoms with E-state index in [1.807, 2.05) is 74.4 Å². The summed E-state index contributed by atoms with van der Waals surface area (Å²) < 4.78 is 36.4. The zero-order valence-electron chi connectivity index (χ0n) is 24.9. The molecule has 1 aliphatic rings. The third-order valence-corrected chi connectivity index (χ3v) is 9.30. The Morgan fingerprint density at radius 1 is 0.804 bits per heavy atom. The van der Waals surface area contributed by atoms with Crippen LogP contribution in [0, 0.1) is 20.2 Å². The van der Waals surface area contributed by atoms with Crippen LogP contribution >= 0.6 is 11.8 Å². The number of hydrogen-bond donors (Lipinski definition) is 0. The lowest BCUT2D eigenvalue weighted by Gasteiger charge is -2.32. The summed E-state index contributed by atoms with van der Waals surface area (Å²) >= 11 is 1.56. The molecule has 1 amide bonds. The number of non-ortho nitro benzene ring substituents is 1. The van der Waals surface area contributed by atoms with Crippen molar-refractivity contribution in [1.29, 1.82) is 0 Å². The smallest absolute Gasteiger partial charge is 0.419 e. The number of carbonyl (C=O) groups is 1. The first kappa shape index (κ1) is 32.1. The van der Waals surface area contributed by atoms with Crippen LogP contribution in [0.3, 0.4) is 0 Å². The second-order valence-corrected chi connectivity index (χ2v) is 13.0. The van der Waals surface area contributed by atoms with Gasteiger partial charge in [-0.15, -0.1) is 0 Å². The molecule has 238 valence electrons. The first-order valence-corrected chi connectivity index (χ1v) is 15.7. The third-order valence-electron chi connectivity index (χ3n) is 6.91. The van der Waals surface area contributed by atoms with E-state index in [9.17, 15) is 33.4 Å². The van der Waals surface area contributed by atoms with Gasteiger partial charge in [0.2, 0.25) is 0 Å². The Balaban J connectivity index is 1.34. The van der Waals surface area contributed by atoms with E-state index >= 15 is 0 Å². The fourth-order valence-corrected chi connectivity index (χ4v) is 6.74. The van der Waals surface area contributed by atoms with E-state index in [4.69, 9.17) is 8.92 Å². The van der Waals surface area contributed by atoms with E-state index in [-0.39, 0.29) is 12.4 Å². The Bertz CT molecular complexity index is 1910. The molecule has 5 rings (SSSR count). The zero-order valence-corrected chi connectivity index (χ0v) is 26.6. The fourth-order valence-electron chi connectivity index (χ4n) is 4.54. The molecule has 4 aromatic carbocycles. The molecule has 0 radical (unpaired) electrons. The number of hydrogen-bond acceptors (Lipinski definition) is 12. The van der Waals surface area contributed by atoms with Crippen LogP contribution in [0.5, 0.6) is 5.75 Å². The molecular weight excluding hydrogens is 638 g/mol. The second-order valence-electron chi connectivity index (χ2n) is 10.4. The largest absolute Gasteiger partial charge is 0.444 e. The van der Waals surface area contributed by atoms with Gasteiger partial charge in [0.25, 0.3) is 11.4 Å². The predicted molar refractivity (Wildman–Crippen MR) is 172 cm³/mol. The highest BCUT2D eigenvalue weighted by molar-refractivity contribution is 7.99. The topological polar surface area (TPSA) is 166 Å². The predicted octanol–water partition coefficient (Wildman–Crippen LogP) is 6.34. The Morgan fingerprint density at radius 3 is 1.87 bits per heavy atom. The lowest BCUT2D eigenvalue weighted by Crippen LogP contribution is -2.29. The molecule has 1 aliphatic heterocycles. The summed E-state index contributed by atoms with van der Waals surface area (Å²) in [5.74, 6) is -0.174. The number of benzene rings is 4. The molecule has 0 saturated heterocycles. The number of rotatable bonds is 9. The van der Waals surface area contributed by atoms with Crippen LogP contribution in [0.25, 0.3) is 0 Å². The number of carbonyl (C=O) groups excluding carboxylic acids is 1. The van der Waals surface area contributed by atoms with Crippen molar-refractivity contribution in [1.82, 2.24) is 0 Å². The van der Waals surface area contributed by atoms with Gasteiger partial charge in [-0.2, -0.15) is 8.42 Å². The molecule has 0 N–H and O–H groups in total. The van der Waals surface area contributed by atoms with Crippen molar-refractivity contribution in [2.75, 3.05) is 42.9 Å². The molecule has 0 aromatic heterocycles. The number of nitro benzene ring substituents is 2. The quantitative estimate of drug-likeness (QED) is 0.111. The molecule has 0 spiro atoms. The van der Waals surface area contributed by atoms with Crippen LogP contribution < -0.4 is 18.9 Å². The average Bonchev–Trinajstić information content (AvgIpc) is 3.01. The van der Waals surface area contributed by atoms with Crippen LogP contribution in [0.15, 0.2) is 93.5 Å². The molecule has 14 nitrogen and oxygen atoms in total. The van der Waals surface area contributed by atoms with Crippen LogP contribution in [-0.2, 0) is 21.5 Å². The molecule has 0 unspecified atom stereocenters. The summed E-state index contributed by atoms with van der Waals surface area (Å²) in [4.78, 5) is 40.4. The summed E-state index contributed by atoms with van der Waals surface area (Å²) in [6, 6.07) is 19.2. The van der Waals surface area contributed by atoms with Gasteiger partial charge < -0.3 is 18.7 Å². The Morgan fingerprint density at radius 2 is 1.37 bits per heavy atom. The Kier molecular flexibility index (Phi) is 8.76. The number of amides is 1. The van der Waals surface area contributed by atoms with Crippen molar-refractivity contribution in [3.63, 3.8) is 0 Å². The van der Waals surface area contributed by atoms with Gasteiger partial charge in [-0.25, -0.2) is 9.69 Å². The van der Waals surface area contributed by atoms with E-state index in [2.05, 4.69) is 0 Å². The third kappa shape index (κ3) is 6.52. The van der Waals surface area contributed by atoms with Crippen molar-refractivity contribution in [3.8, 4) is 5.75 Å². The van der Waals surface area contributed by atoms with Gasteiger partial charge in [-0.3, -0.25) is 20.2 Å². The van der Waals surface area contributed by atoms with Gasteiger partial charge in [0, 0.05) is 55.4 Å². The van der Waals surface area contributed by atoms with Gasteiger partial charge >= 0.3 is 16.2 Å². The molecular formula is C30H27N5O9S2. The van der Waals surface area contributed by atoms with Crippen LogP contribution in [-0.4, -0.2) is 52.5 Å².